The Morgan fingerprint density at radius 2 is 2.07 bits per heavy atom. The van der Waals surface area contributed by atoms with Crippen LogP contribution < -0.4 is 5.73 Å². The molecule has 0 spiro atoms. The van der Waals surface area contributed by atoms with Gasteiger partial charge in [-0.1, -0.05) is 28.1 Å². The second kappa shape index (κ2) is 3.25. The molecule has 0 radical (unpaired) electrons. The Labute approximate surface area is 95.8 Å². The van der Waals surface area contributed by atoms with Gasteiger partial charge >= 0.3 is 0 Å². The number of hydrogen-bond donors (Lipinski definition) is 1. The lowest BCUT2D eigenvalue weighted by Gasteiger charge is -2.15. The van der Waals surface area contributed by atoms with Gasteiger partial charge in [-0.05, 0) is 24.1 Å². The first-order valence-electron chi connectivity index (χ1n) is 4.77. The summed E-state index contributed by atoms with van der Waals surface area (Å²) in [5.74, 6) is -2.64. The summed E-state index contributed by atoms with van der Waals surface area (Å²) in [6.45, 7) is 1.89. The summed E-state index contributed by atoms with van der Waals surface area (Å²) in [7, 11) is 0. The number of benzene rings is 1. The first-order valence-corrected chi connectivity index (χ1v) is 5.57. The molecule has 1 atom stereocenters. The summed E-state index contributed by atoms with van der Waals surface area (Å²) in [4.78, 5) is 0. The molecule has 4 heteroatoms. The molecule has 0 bridgehead atoms. The standard InChI is InChI=1S/C11H12BrF2N/c1-7-4-8(2-3-9(7)12)10(6-15)5-11(10,13)14/h2-4H,5-6,15H2,1H3. The van der Waals surface area contributed by atoms with Gasteiger partial charge in [0.15, 0.2) is 0 Å². The maximum absolute atomic E-state index is 13.3. The van der Waals surface area contributed by atoms with Gasteiger partial charge < -0.3 is 5.73 Å². The van der Waals surface area contributed by atoms with E-state index in [0.717, 1.165) is 10.0 Å². The average molecular weight is 276 g/mol. The minimum atomic E-state index is -2.64. The second-order valence-electron chi connectivity index (χ2n) is 4.13. The molecule has 0 aromatic heterocycles. The molecule has 1 nitrogen and oxygen atoms in total. The monoisotopic (exact) mass is 275 g/mol. The first kappa shape index (κ1) is 11.0. The second-order valence-corrected chi connectivity index (χ2v) is 4.99. The third-order valence-electron chi connectivity index (χ3n) is 3.16. The summed E-state index contributed by atoms with van der Waals surface area (Å²) in [6.07, 6.45) is -0.127. The molecule has 0 amide bonds. The molecule has 1 aliphatic rings. The Bertz CT molecular complexity index is 406. The van der Waals surface area contributed by atoms with Gasteiger partial charge in [0, 0.05) is 17.4 Å². The van der Waals surface area contributed by atoms with E-state index in [0.29, 0.717) is 5.56 Å². The molecule has 1 aromatic rings. The zero-order valence-corrected chi connectivity index (χ0v) is 9.94. The van der Waals surface area contributed by atoms with Crippen LogP contribution in [-0.2, 0) is 5.41 Å². The highest BCUT2D eigenvalue weighted by Gasteiger charge is 2.71. The molecule has 82 valence electrons. The number of hydrogen-bond acceptors (Lipinski definition) is 1. The van der Waals surface area contributed by atoms with Gasteiger partial charge in [-0.3, -0.25) is 0 Å². The van der Waals surface area contributed by atoms with Crippen LogP contribution in [0.2, 0.25) is 0 Å². The first-order chi connectivity index (χ1) is 6.93. The van der Waals surface area contributed by atoms with E-state index in [1.165, 1.54) is 0 Å². The van der Waals surface area contributed by atoms with E-state index in [-0.39, 0.29) is 13.0 Å². The highest BCUT2D eigenvalue weighted by atomic mass is 79.9. The molecule has 2 N–H and O–H groups in total. The molecular weight excluding hydrogens is 264 g/mol. The largest absolute Gasteiger partial charge is 0.329 e. The number of aryl methyl sites for hydroxylation is 1. The fourth-order valence-corrected chi connectivity index (χ4v) is 2.18. The Hall–Kier alpha value is -0.480. The molecule has 0 heterocycles. The van der Waals surface area contributed by atoms with E-state index < -0.39 is 11.3 Å². The summed E-state index contributed by atoms with van der Waals surface area (Å²) in [5.41, 5.74) is 5.97. The molecule has 1 unspecified atom stereocenters. The third-order valence-corrected chi connectivity index (χ3v) is 4.05. The van der Waals surface area contributed by atoms with Gasteiger partial charge in [-0.25, -0.2) is 8.78 Å². The van der Waals surface area contributed by atoms with Crippen LogP contribution in [0, 0.1) is 6.92 Å². The van der Waals surface area contributed by atoms with Crippen LogP contribution in [0.25, 0.3) is 0 Å². The molecule has 1 saturated carbocycles. The van der Waals surface area contributed by atoms with Gasteiger partial charge in [-0.15, -0.1) is 0 Å². The van der Waals surface area contributed by atoms with Crippen molar-refractivity contribution in [1.82, 2.24) is 0 Å². The normalized spacial score (nSPS) is 27.8. The van der Waals surface area contributed by atoms with Crippen molar-refractivity contribution >= 4 is 15.9 Å². The van der Waals surface area contributed by atoms with Crippen molar-refractivity contribution in [3.05, 3.63) is 33.8 Å². The zero-order valence-electron chi connectivity index (χ0n) is 8.36. The van der Waals surface area contributed by atoms with E-state index in [1.807, 2.05) is 6.92 Å². The van der Waals surface area contributed by atoms with Gasteiger partial charge in [0.05, 0.1) is 5.41 Å². The minimum Gasteiger partial charge on any atom is -0.329 e. The fraction of sp³-hybridized carbons (Fsp3) is 0.455. The molecule has 2 rings (SSSR count). The lowest BCUT2D eigenvalue weighted by Crippen LogP contribution is -2.26. The Morgan fingerprint density at radius 3 is 2.47 bits per heavy atom. The third kappa shape index (κ3) is 1.51. The van der Waals surface area contributed by atoms with Crippen LogP contribution >= 0.6 is 15.9 Å². The van der Waals surface area contributed by atoms with Gasteiger partial charge in [0.1, 0.15) is 0 Å². The van der Waals surface area contributed by atoms with E-state index in [9.17, 15) is 8.78 Å². The predicted molar refractivity (Wildman–Crippen MR) is 59.2 cm³/mol. The van der Waals surface area contributed by atoms with E-state index >= 15 is 0 Å². The number of nitrogens with two attached hydrogens (primary N) is 1. The quantitative estimate of drug-likeness (QED) is 0.882. The lowest BCUT2D eigenvalue weighted by atomic mass is 9.94. The topological polar surface area (TPSA) is 26.0 Å². The summed E-state index contributed by atoms with van der Waals surface area (Å²) in [6, 6.07) is 5.32. The van der Waals surface area contributed by atoms with Crippen molar-refractivity contribution in [3.8, 4) is 0 Å². The predicted octanol–water partition coefficient (Wildman–Crippen LogP) is 2.99. The van der Waals surface area contributed by atoms with Crippen LogP contribution in [0.4, 0.5) is 8.78 Å². The van der Waals surface area contributed by atoms with E-state index in [4.69, 9.17) is 5.73 Å². The lowest BCUT2D eigenvalue weighted by molar-refractivity contribution is 0.0896. The summed E-state index contributed by atoms with van der Waals surface area (Å²) >= 11 is 3.35. The SMILES string of the molecule is Cc1cc(C2(CN)CC2(F)F)ccc1Br. The molecular formula is C11H12BrF2N. The van der Waals surface area contributed by atoms with Crippen molar-refractivity contribution in [2.24, 2.45) is 5.73 Å². The van der Waals surface area contributed by atoms with Crippen molar-refractivity contribution in [1.29, 1.82) is 0 Å². The smallest absolute Gasteiger partial charge is 0.260 e. The summed E-state index contributed by atoms with van der Waals surface area (Å²) in [5, 5.41) is 0. The van der Waals surface area contributed by atoms with Crippen LogP contribution in [0.3, 0.4) is 0 Å². The van der Waals surface area contributed by atoms with Crippen molar-refractivity contribution in [3.63, 3.8) is 0 Å². The van der Waals surface area contributed by atoms with Crippen LogP contribution in [0.5, 0.6) is 0 Å². The maximum atomic E-state index is 13.3. The Balaban J connectivity index is 2.42. The van der Waals surface area contributed by atoms with E-state index in [1.54, 1.807) is 18.2 Å². The zero-order chi connectivity index (χ0) is 11.3. The van der Waals surface area contributed by atoms with Gasteiger partial charge in [-0.2, -0.15) is 0 Å². The van der Waals surface area contributed by atoms with E-state index in [2.05, 4.69) is 15.9 Å². The van der Waals surface area contributed by atoms with Crippen LogP contribution in [-0.4, -0.2) is 12.5 Å². The number of halogens is 3. The fourth-order valence-electron chi connectivity index (χ4n) is 1.93. The molecule has 1 aliphatic carbocycles. The molecule has 1 fully saturated rings. The molecule has 0 aliphatic heterocycles. The minimum absolute atomic E-state index is 0.00106. The number of rotatable bonds is 2. The molecule has 0 saturated heterocycles. The maximum Gasteiger partial charge on any atom is 0.260 e. The highest BCUT2D eigenvalue weighted by molar-refractivity contribution is 9.10. The highest BCUT2D eigenvalue weighted by Crippen LogP contribution is 2.61. The van der Waals surface area contributed by atoms with Gasteiger partial charge in [0.2, 0.25) is 0 Å². The Morgan fingerprint density at radius 1 is 1.47 bits per heavy atom. The van der Waals surface area contributed by atoms with Crippen molar-refractivity contribution in [2.75, 3.05) is 6.54 Å². The number of alkyl halides is 2. The van der Waals surface area contributed by atoms with Crippen LogP contribution in [0.1, 0.15) is 17.5 Å². The Kier molecular flexibility index (Phi) is 2.39. The summed E-state index contributed by atoms with van der Waals surface area (Å²) < 4.78 is 27.5. The molecule has 15 heavy (non-hydrogen) atoms. The molecule has 1 aromatic carbocycles. The van der Waals surface area contributed by atoms with Crippen molar-refractivity contribution < 1.29 is 8.78 Å². The van der Waals surface area contributed by atoms with Crippen LogP contribution in [0.15, 0.2) is 22.7 Å². The average Bonchev–Trinajstić information content (AvgIpc) is 2.75. The van der Waals surface area contributed by atoms with Crippen molar-refractivity contribution in [2.45, 2.75) is 24.7 Å². The van der Waals surface area contributed by atoms with Gasteiger partial charge in [0.25, 0.3) is 5.92 Å².